The zero-order chi connectivity index (χ0) is 15.1. The number of hydrogen-bond donors (Lipinski definition) is 1. The van der Waals surface area contributed by atoms with Gasteiger partial charge in [0.15, 0.2) is 9.84 Å². The molecule has 0 spiro atoms. The maximum Gasteiger partial charge on any atom is 0.328 e. The fraction of sp³-hybridized carbons (Fsp3) is 0.500. The van der Waals surface area contributed by atoms with Gasteiger partial charge in [-0.3, -0.25) is 0 Å². The molecule has 0 heterocycles. The van der Waals surface area contributed by atoms with Gasteiger partial charge in [0, 0.05) is 12.2 Å². The molecule has 1 aliphatic carbocycles. The Bertz CT molecular complexity index is 623. The average Bonchev–Trinajstić information content (AvgIpc) is 2.99. The zero-order valence-corrected chi connectivity index (χ0v) is 12.6. The predicted octanol–water partition coefficient (Wildman–Crippen LogP) is 0.766. The van der Waals surface area contributed by atoms with E-state index in [0.29, 0.717) is 0 Å². The first-order valence-electron chi connectivity index (χ1n) is 6.44. The second-order valence-electron chi connectivity index (χ2n) is 5.29. The molecule has 0 aliphatic heterocycles. The number of nitrogens with two attached hydrogens (primary N) is 1. The highest BCUT2D eigenvalue weighted by Crippen LogP contribution is 2.54. The Kier molecular flexibility index (Phi) is 3.64. The molecule has 6 heteroatoms. The van der Waals surface area contributed by atoms with E-state index < -0.39 is 32.5 Å². The molecule has 1 aliphatic rings. The van der Waals surface area contributed by atoms with Crippen molar-refractivity contribution in [3.05, 3.63) is 35.4 Å². The molecule has 1 saturated carbocycles. The minimum Gasteiger partial charge on any atom is -0.465 e. The van der Waals surface area contributed by atoms with E-state index in [1.54, 1.807) is 6.92 Å². The standard InChI is InChI=1S/C14H19NO4S/c1-4-19-13(16)14(15)11(12(14)20(3,17)18)10-7-5-9(2)6-8-10/h5-8,11-12H,4,15H2,1-3H3/t11-,12+,14-/m0/s1. The Hall–Kier alpha value is -1.40. The fourth-order valence-corrected chi connectivity index (χ4v) is 4.45. The van der Waals surface area contributed by atoms with Crippen molar-refractivity contribution in [1.29, 1.82) is 0 Å². The number of carbonyl (C=O) groups is 1. The van der Waals surface area contributed by atoms with Crippen LogP contribution in [-0.2, 0) is 19.4 Å². The van der Waals surface area contributed by atoms with Gasteiger partial charge < -0.3 is 10.5 Å². The Morgan fingerprint density at radius 3 is 2.35 bits per heavy atom. The molecular weight excluding hydrogens is 278 g/mol. The summed E-state index contributed by atoms with van der Waals surface area (Å²) in [7, 11) is -3.43. The van der Waals surface area contributed by atoms with Crippen LogP contribution in [-0.4, -0.2) is 38.0 Å². The number of benzene rings is 1. The van der Waals surface area contributed by atoms with Crippen molar-refractivity contribution in [3.63, 3.8) is 0 Å². The summed E-state index contributed by atoms with van der Waals surface area (Å²) in [5.74, 6) is -1.20. The first-order chi connectivity index (χ1) is 9.22. The van der Waals surface area contributed by atoms with E-state index in [1.165, 1.54) is 0 Å². The molecule has 1 fully saturated rings. The monoisotopic (exact) mass is 297 g/mol. The summed E-state index contributed by atoms with van der Waals surface area (Å²) in [6, 6.07) is 7.37. The first-order valence-corrected chi connectivity index (χ1v) is 8.40. The van der Waals surface area contributed by atoms with Gasteiger partial charge in [0.2, 0.25) is 0 Å². The summed E-state index contributed by atoms with van der Waals surface area (Å²) in [6.07, 6.45) is 1.10. The maximum atomic E-state index is 12.0. The lowest BCUT2D eigenvalue weighted by Crippen LogP contribution is -2.41. The molecule has 20 heavy (non-hydrogen) atoms. The van der Waals surface area contributed by atoms with Crippen LogP contribution in [0.25, 0.3) is 0 Å². The summed E-state index contributed by atoms with van der Waals surface area (Å²) in [6.45, 7) is 3.78. The number of esters is 1. The Labute approximate surface area is 119 Å². The van der Waals surface area contributed by atoms with Crippen molar-refractivity contribution >= 4 is 15.8 Å². The summed E-state index contributed by atoms with van der Waals surface area (Å²) in [5, 5.41) is -0.920. The molecule has 1 aromatic rings. The maximum absolute atomic E-state index is 12.0. The fourth-order valence-electron chi connectivity index (χ4n) is 2.70. The average molecular weight is 297 g/mol. The van der Waals surface area contributed by atoms with Gasteiger partial charge in [0.05, 0.1) is 11.9 Å². The van der Waals surface area contributed by atoms with Crippen molar-refractivity contribution in [1.82, 2.24) is 0 Å². The van der Waals surface area contributed by atoms with E-state index in [1.807, 2.05) is 31.2 Å². The number of aryl methyl sites for hydroxylation is 1. The van der Waals surface area contributed by atoms with E-state index in [0.717, 1.165) is 17.4 Å². The highest BCUT2D eigenvalue weighted by atomic mass is 32.2. The largest absolute Gasteiger partial charge is 0.465 e. The number of carbonyl (C=O) groups excluding carboxylic acids is 1. The number of hydrogen-bond acceptors (Lipinski definition) is 5. The van der Waals surface area contributed by atoms with Crippen molar-refractivity contribution in [2.75, 3.05) is 12.9 Å². The second kappa shape index (κ2) is 4.86. The van der Waals surface area contributed by atoms with Gasteiger partial charge in [-0.1, -0.05) is 29.8 Å². The van der Waals surface area contributed by atoms with Crippen LogP contribution in [0.1, 0.15) is 24.0 Å². The van der Waals surface area contributed by atoms with Crippen LogP contribution in [0.4, 0.5) is 0 Å². The van der Waals surface area contributed by atoms with Crippen molar-refractivity contribution in [2.24, 2.45) is 5.73 Å². The summed E-state index contributed by atoms with van der Waals surface area (Å²) in [4.78, 5) is 12.0. The first kappa shape index (κ1) is 15.0. The second-order valence-corrected chi connectivity index (χ2v) is 7.46. The van der Waals surface area contributed by atoms with E-state index in [-0.39, 0.29) is 6.61 Å². The number of ether oxygens (including phenoxy) is 1. The molecule has 0 radical (unpaired) electrons. The van der Waals surface area contributed by atoms with Crippen LogP contribution in [0.3, 0.4) is 0 Å². The minimum atomic E-state index is -3.43. The summed E-state index contributed by atoms with van der Waals surface area (Å²) < 4.78 is 28.7. The molecule has 2 N–H and O–H groups in total. The van der Waals surface area contributed by atoms with Gasteiger partial charge >= 0.3 is 5.97 Å². The van der Waals surface area contributed by atoms with Gasteiger partial charge in [-0.2, -0.15) is 0 Å². The molecule has 110 valence electrons. The zero-order valence-electron chi connectivity index (χ0n) is 11.8. The Morgan fingerprint density at radius 2 is 1.90 bits per heavy atom. The summed E-state index contributed by atoms with van der Waals surface area (Å²) >= 11 is 0. The lowest BCUT2D eigenvalue weighted by atomic mass is 10.1. The summed E-state index contributed by atoms with van der Waals surface area (Å²) in [5.41, 5.74) is 6.40. The normalized spacial score (nSPS) is 29.0. The number of rotatable bonds is 4. The van der Waals surface area contributed by atoms with Crippen LogP contribution in [0, 0.1) is 6.92 Å². The van der Waals surface area contributed by atoms with Gasteiger partial charge in [-0.05, 0) is 19.4 Å². The lowest BCUT2D eigenvalue weighted by Gasteiger charge is -2.10. The smallest absolute Gasteiger partial charge is 0.328 e. The van der Waals surface area contributed by atoms with Crippen LogP contribution in [0.2, 0.25) is 0 Å². The molecular formula is C14H19NO4S. The Balaban J connectivity index is 2.41. The van der Waals surface area contributed by atoms with Gasteiger partial charge in [0.25, 0.3) is 0 Å². The molecule has 0 saturated heterocycles. The molecule has 0 aromatic heterocycles. The van der Waals surface area contributed by atoms with Crippen molar-refractivity contribution in [2.45, 2.75) is 30.6 Å². The third kappa shape index (κ3) is 2.33. The van der Waals surface area contributed by atoms with Crippen LogP contribution < -0.4 is 5.73 Å². The van der Waals surface area contributed by atoms with Crippen molar-refractivity contribution < 1.29 is 17.9 Å². The van der Waals surface area contributed by atoms with E-state index in [4.69, 9.17) is 10.5 Å². The Morgan fingerprint density at radius 1 is 1.35 bits per heavy atom. The third-order valence-electron chi connectivity index (χ3n) is 3.71. The highest BCUT2D eigenvalue weighted by molar-refractivity contribution is 7.91. The molecule has 0 unspecified atom stereocenters. The lowest BCUT2D eigenvalue weighted by molar-refractivity contribution is -0.145. The molecule has 1 aromatic carbocycles. The van der Waals surface area contributed by atoms with Crippen LogP contribution in [0.5, 0.6) is 0 Å². The highest BCUT2D eigenvalue weighted by Gasteiger charge is 2.73. The van der Waals surface area contributed by atoms with E-state index in [9.17, 15) is 13.2 Å². The quantitative estimate of drug-likeness (QED) is 0.829. The molecule has 0 amide bonds. The molecule has 0 bridgehead atoms. The van der Waals surface area contributed by atoms with Crippen LogP contribution in [0.15, 0.2) is 24.3 Å². The van der Waals surface area contributed by atoms with Gasteiger partial charge in [-0.15, -0.1) is 0 Å². The van der Waals surface area contributed by atoms with Gasteiger partial charge in [-0.25, -0.2) is 13.2 Å². The molecule has 3 atom stereocenters. The predicted molar refractivity (Wildman–Crippen MR) is 76.1 cm³/mol. The van der Waals surface area contributed by atoms with E-state index in [2.05, 4.69) is 0 Å². The third-order valence-corrected chi connectivity index (χ3v) is 5.29. The molecule has 5 nitrogen and oxygen atoms in total. The van der Waals surface area contributed by atoms with E-state index >= 15 is 0 Å². The van der Waals surface area contributed by atoms with Crippen molar-refractivity contribution in [3.8, 4) is 0 Å². The minimum absolute atomic E-state index is 0.175. The SMILES string of the molecule is CCOC(=O)[C@@]1(N)[C@H](S(C)(=O)=O)[C@@H]1c1ccc(C)cc1. The van der Waals surface area contributed by atoms with Crippen LogP contribution >= 0.6 is 0 Å². The van der Waals surface area contributed by atoms with Gasteiger partial charge in [0.1, 0.15) is 5.54 Å². The topological polar surface area (TPSA) is 86.5 Å². The number of sulfone groups is 1. The molecule has 2 rings (SSSR count).